The van der Waals surface area contributed by atoms with Crippen LogP contribution in [0.3, 0.4) is 0 Å². The first kappa shape index (κ1) is 22.9. The van der Waals surface area contributed by atoms with Crippen LogP contribution in [0.15, 0.2) is 35.4 Å². The molecule has 0 radical (unpaired) electrons. The van der Waals surface area contributed by atoms with Gasteiger partial charge in [-0.2, -0.15) is 0 Å². The molecular formula is C24H24F2N6O3. The van der Waals surface area contributed by atoms with Gasteiger partial charge in [0, 0.05) is 51.9 Å². The topological polar surface area (TPSA) is 104 Å². The first-order valence-electron chi connectivity index (χ1n) is 11.4. The van der Waals surface area contributed by atoms with Crippen LogP contribution < -0.4 is 15.2 Å². The van der Waals surface area contributed by atoms with Gasteiger partial charge in [0.1, 0.15) is 17.6 Å². The number of amides is 1. The molecule has 2 aromatic heterocycles. The zero-order valence-corrected chi connectivity index (χ0v) is 19.1. The number of anilines is 1. The van der Waals surface area contributed by atoms with Crippen LogP contribution in [0.25, 0.3) is 11.4 Å². The summed E-state index contributed by atoms with van der Waals surface area (Å²) in [6, 6.07) is 3.28. The van der Waals surface area contributed by atoms with E-state index < -0.39 is 11.6 Å². The van der Waals surface area contributed by atoms with Crippen molar-refractivity contribution in [3.63, 3.8) is 0 Å². The molecule has 0 spiro atoms. The zero-order chi connectivity index (χ0) is 24.5. The quantitative estimate of drug-likeness (QED) is 0.609. The van der Waals surface area contributed by atoms with Gasteiger partial charge in [0.05, 0.1) is 36.0 Å². The second-order valence-electron chi connectivity index (χ2n) is 8.67. The van der Waals surface area contributed by atoms with Crippen LogP contribution in [0.5, 0.6) is 5.75 Å². The lowest BCUT2D eigenvalue weighted by Crippen LogP contribution is -2.40. The molecule has 1 aromatic carbocycles. The number of rotatable bonds is 4. The van der Waals surface area contributed by atoms with E-state index in [-0.39, 0.29) is 23.3 Å². The lowest BCUT2D eigenvalue weighted by atomic mass is 10.1. The van der Waals surface area contributed by atoms with Gasteiger partial charge in [-0.05, 0) is 12.1 Å². The molecule has 4 heterocycles. The maximum absolute atomic E-state index is 14.0. The van der Waals surface area contributed by atoms with Crippen molar-refractivity contribution in [3.8, 4) is 17.1 Å². The molecule has 0 atom stereocenters. The van der Waals surface area contributed by atoms with E-state index in [1.54, 1.807) is 4.90 Å². The Morgan fingerprint density at radius 1 is 1.11 bits per heavy atom. The maximum Gasteiger partial charge on any atom is 0.266 e. The standard InChI is InChI=1S/C24H24F2N6O3/c1-14(33)32-9-6-18-20(13-32)29-23(19-11-27-12-22(34)28-19)24(30-18)31-7-4-16(5-8-31)35-21-3-2-15(25)10-17(21)26/h2-3,10-12,16H,4-9,13H2,1H3,(H,28,34). The predicted molar refractivity (Wildman–Crippen MR) is 123 cm³/mol. The van der Waals surface area contributed by atoms with E-state index in [1.165, 1.54) is 31.5 Å². The van der Waals surface area contributed by atoms with Gasteiger partial charge in [0.2, 0.25) is 5.91 Å². The second-order valence-corrected chi connectivity index (χ2v) is 8.67. The van der Waals surface area contributed by atoms with Gasteiger partial charge in [-0.15, -0.1) is 0 Å². The molecule has 2 aliphatic heterocycles. The number of benzene rings is 1. The Balaban J connectivity index is 1.41. The second kappa shape index (κ2) is 9.40. The van der Waals surface area contributed by atoms with Gasteiger partial charge in [0.25, 0.3) is 5.56 Å². The minimum atomic E-state index is -0.726. The number of hydrogen-bond acceptors (Lipinski definition) is 7. The fourth-order valence-corrected chi connectivity index (χ4v) is 4.43. The minimum absolute atomic E-state index is 0.0297. The lowest BCUT2D eigenvalue weighted by molar-refractivity contribution is -0.129. The first-order chi connectivity index (χ1) is 16.9. The van der Waals surface area contributed by atoms with Crippen LogP contribution in [-0.2, 0) is 17.8 Å². The van der Waals surface area contributed by atoms with Crippen LogP contribution >= 0.6 is 0 Å². The smallest absolute Gasteiger partial charge is 0.266 e. The van der Waals surface area contributed by atoms with Crippen molar-refractivity contribution in [2.45, 2.75) is 38.8 Å². The van der Waals surface area contributed by atoms with Crippen LogP contribution in [0, 0.1) is 11.6 Å². The summed E-state index contributed by atoms with van der Waals surface area (Å²) in [7, 11) is 0. The molecule has 1 saturated heterocycles. The minimum Gasteiger partial charge on any atom is -0.487 e. The van der Waals surface area contributed by atoms with E-state index in [4.69, 9.17) is 14.7 Å². The number of hydrogen-bond donors (Lipinski definition) is 1. The number of nitrogens with zero attached hydrogens (tertiary/aromatic N) is 5. The van der Waals surface area contributed by atoms with Crippen LogP contribution in [0.4, 0.5) is 14.6 Å². The largest absolute Gasteiger partial charge is 0.487 e. The van der Waals surface area contributed by atoms with E-state index in [9.17, 15) is 18.4 Å². The Hall–Kier alpha value is -3.89. The Kier molecular flexibility index (Phi) is 6.14. The van der Waals surface area contributed by atoms with Crippen molar-refractivity contribution in [2.75, 3.05) is 24.5 Å². The highest BCUT2D eigenvalue weighted by Crippen LogP contribution is 2.31. The van der Waals surface area contributed by atoms with Gasteiger partial charge < -0.3 is 19.5 Å². The van der Waals surface area contributed by atoms with Gasteiger partial charge in [0.15, 0.2) is 17.4 Å². The molecule has 0 bridgehead atoms. The van der Waals surface area contributed by atoms with Crippen molar-refractivity contribution in [1.82, 2.24) is 24.8 Å². The molecule has 3 aromatic rings. The van der Waals surface area contributed by atoms with Crippen molar-refractivity contribution < 1.29 is 18.3 Å². The average molecular weight is 482 g/mol. The number of nitrogens with one attached hydrogen (secondary N) is 1. The fourth-order valence-electron chi connectivity index (χ4n) is 4.43. The molecule has 1 amide bonds. The molecule has 9 nitrogen and oxygen atoms in total. The lowest BCUT2D eigenvalue weighted by Gasteiger charge is -2.35. The summed E-state index contributed by atoms with van der Waals surface area (Å²) in [5.41, 5.74) is 2.09. The van der Waals surface area contributed by atoms with Crippen molar-refractivity contribution >= 4 is 11.7 Å². The van der Waals surface area contributed by atoms with Crippen molar-refractivity contribution in [1.29, 1.82) is 0 Å². The highest BCUT2D eigenvalue weighted by atomic mass is 19.1. The van der Waals surface area contributed by atoms with Gasteiger partial charge in [-0.3, -0.25) is 14.6 Å². The number of ether oxygens (including phenoxy) is 1. The number of halogens is 2. The number of piperidine rings is 1. The predicted octanol–water partition coefficient (Wildman–Crippen LogP) is 2.46. The van der Waals surface area contributed by atoms with E-state index in [0.29, 0.717) is 68.3 Å². The zero-order valence-electron chi connectivity index (χ0n) is 19.1. The van der Waals surface area contributed by atoms with E-state index in [0.717, 1.165) is 11.8 Å². The van der Waals surface area contributed by atoms with Gasteiger partial charge >= 0.3 is 0 Å². The number of fused-ring (bicyclic) bond motifs is 1. The summed E-state index contributed by atoms with van der Waals surface area (Å²) in [5.74, 6) is -0.756. The monoisotopic (exact) mass is 482 g/mol. The third-order valence-electron chi connectivity index (χ3n) is 6.27. The van der Waals surface area contributed by atoms with E-state index in [1.807, 2.05) is 0 Å². The van der Waals surface area contributed by atoms with Crippen LogP contribution in [-0.4, -0.2) is 56.5 Å². The molecule has 1 N–H and O–H groups in total. The molecule has 2 aliphatic rings. The van der Waals surface area contributed by atoms with Gasteiger partial charge in [-0.25, -0.2) is 18.7 Å². The molecule has 0 unspecified atom stereocenters. The number of aromatic amines is 1. The molecule has 182 valence electrons. The highest BCUT2D eigenvalue weighted by Gasteiger charge is 2.29. The molecule has 0 aliphatic carbocycles. The molecule has 0 saturated carbocycles. The fraction of sp³-hybridized carbons (Fsp3) is 0.375. The van der Waals surface area contributed by atoms with Crippen molar-refractivity contribution in [2.24, 2.45) is 0 Å². The number of aromatic nitrogens is 4. The normalized spacial score (nSPS) is 16.2. The summed E-state index contributed by atoms with van der Waals surface area (Å²) in [6.45, 7) is 3.58. The average Bonchev–Trinajstić information content (AvgIpc) is 2.85. The van der Waals surface area contributed by atoms with Crippen molar-refractivity contribution in [3.05, 3.63) is 64.0 Å². The Morgan fingerprint density at radius 3 is 2.63 bits per heavy atom. The summed E-state index contributed by atoms with van der Waals surface area (Å²) in [4.78, 5) is 44.1. The molecular weight excluding hydrogens is 458 g/mol. The highest BCUT2D eigenvalue weighted by molar-refractivity contribution is 5.74. The summed E-state index contributed by atoms with van der Waals surface area (Å²) < 4.78 is 33.0. The maximum atomic E-state index is 14.0. The van der Waals surface area contributed by atoms with E-state index >= 15 is 0 Å². The molecule has 35 heavy (non-hydrogen) atoms. The summed E-state index contributed by atoms with van der Waals surface area (Å²) in [6.07, 6.45) is 4.25. The molecule has 5 rings (SSSR count). The number of H-pyrrole nitrogens is 1. The number of carbonyl (C=O) groups is 1. The molecule has 11 heteroatoms. The molecule has 1 fully saturated rings. The SMILES string of the molecule is CC(=O)N1CCc2nc(N3CCC(Oc4ccc(F)cc4F)CC3)c(-c3cncc(=O)[nH]3)nc2C1. The third-order valence-corrected chi connectivity index (χ3v) is 6.27. The number of carbonyl (C=O) groups excluding carboxylic acids is 1. The van der Waals surface area contributed by atoms with Crippen LogP contribution in [0.2, 0.25) is 0 Å². The Bertz CT molecular complexity index is 1320. The van der Waals surface area contributed by atoms with Gasteiger partial charge in [-0.1, -0.05) is 0 Å². The Labute approximate surface area is 199 Å². The Morgan fingerprint density at radius 2 is 1.91 bits per heavy atom. The summed E-state index contributed by atoms with van der Waals surface area (Å²) in [5, 5.41) is 0. The third kappa shape index (κ3) is 4.84. The summed E-state index contributed by atoms with van der Waals surface area (Å²) >= 11 is 0. The van der Waals surface area contributed by atoms with E-state index in [2.05, 4.69) is 14.9 Å². The van der Waals surface area contributed by atoms with Crippen LogP contribution in [0.1, 0.15) is 31.2 Å². The first-order valence-corrected chi connectivity index (χ1v) is 11.4.